The molecule has 0 aliphatic carbocycles. The van der Waals surface area contributed by atoms with Crippen LogP contribution in [0.5, 0.6) is 0 Å². The van der Waals surface area contributed by atoms with Gasteiger partial charge in [-0.2, -0.15) is 0 Å². The molecule has 0 radical (unpaired) electrons. The Morgan fingerprint density at radius 1 is 1.19 bits per heavy atom. The van der Waals surface area contributed by atoms with Gasteiger partial charge in [-0.3, -0.25) is 9.59 Å². The van der Waals surface area contributed by atoms with Crippen molar-refractivity contribution < 1.29 is 9.59 Å². The molecule has 5 heteroatoms. The Morgan fingerprint density at radius 2 is 2.00 bits per heavy atom. The van der Waals surface area contributed by atoms with Gasteiger partial charge in [-0.1, -0.05) is 30.2 Å². The van der Waals surface area contributed by atoms with Gasteiger partial charge in [0.25, 0.3) is 0 Å². The van der Waals surface area contributed by atoms with Gasteiger partial charge in [0.15, 0.2) is 0 Å². The quantitative estimate of drug-likeness (QED) is 0.622. The third-order valence-electron chi connectivity index (χ3n) is 4.09. The van der Waals surface area contributed by atoms with Gasteiger partial charge in [-0.05, 0) is 29.8 Å². The first-order valence-electron chi connectivity index (χ1n) is 8.26. The van der Waals surface area contributed by atoms with Crippen LogP contribution in [-0.4, -0.2) is 22.8 Å². The summed E-state index contributed by atoms with van der Waals surface area (Å²) in [6, 6.07) is 14.2. The van der Waals surface area contributed by atoms with Crippen molar-refractivity contribution in [1.82, 2.24) is 10.3 Å². The Kier molecular flexibility index (Phi) is 5.04. The number of anilines is 1. The molecule has 130 valence electrons. The Bertz CT molecular complexity index is 998. The standard InChI is InChI=1S/C21H19N3O2/c1-3-15-7-6-8-17(11-15)24-21(26)20(23-14(2)25)12-16-13-22-19-10-5-4-9-18(16)19/h1,4-11,13,20,22H,12H2,2H3,(H,23,25)(H,24,26). The highest BCUT2D eigenvalue weighted by atomic mass is 16.2. The van der Waals surface area contributed by atoms with Gasteiger partial charge in [0.1, 0.15) is 6.04 Å². The molecule has 1 heterocycles. The topological polar surface area (TPSA) is 74.0 Å². The summed E-state index contributed by atoms with van der Waals surface area (Å²) in [5.74, 6) is 1.98. The number of aromatic amines is 1. The van der Waals surface area contributed by atoms with Gasteiger partial charge in [0.2, 0.25) is 11.8 Å². The van der Waals surface area contributed by atoms with Crippen molar-refractivity contribution in [2.45, 2.75) is 19.4 Å². The van der Waals surface area contributed by atoms with Crippen molar-refractivity contribution in [1.29, 1.82) is 0 Å². The number of carbonyl (C=O) groups excluding carboxylic acids is 2. The minimum absolute atomic E-state index is 0.262. The predicted octanol–water partition coefficient (Wildman–Crippen LogP) is 2.84. The van der Waals surface area contributed by atoms with Crippen LogP contribution in [0.3, 0.4) is 0 Å². The summed E-state index contributed by atoms with van der Waals surface area (Å²) in [4.78, 5) is 27.5. The van der Waals surface area contributed by atoms with E-state index >= 15 is 0 Å². The fourth-order valence-electron chi connectivity index (χ4n) is 2.89. The maximum absolute atomic E-state index is 12.7. The number of fused-ring (bicyclic) bond motifs is 1. The molecule has 1 unspecified atom stereocenters. The van der Waals surface area contributed by atoms with Gasteiger partial charge >= 0.3 is 0 Å². The molecule has 3 aromatic rings. The van der Waals surface area contributed by atoms with Crippen LogP contribution < -0.4 is 10.6 Å². The third-order valence-corrected chi connectivity index (χ3v) is 4.09. The van der Waals surface area contributed by atoms with Crippen LogP contribution in [0.15, 0.2) is 54.7 Å². The van der Waals surface area contributed by atoms with E-state index in [1.807, 2.05) is 30.5 Å². The number of hydrogen-bond donors (Lipinski definition) is 3. The highest BCUT2D eigenvalue weighted by Crippen LogP contribution is 2.20. The number of rotatable bonds is 5. The van der Waals surface area contributed by atoms with Crippen LogP contribution in [0.2, 0.25) is 0 Å². The lowest BCUT2D eigenvalue weighted by Crippen LogP contribution is -2.44. The monoisotopic (exact) mass is 345 g/mol. The summed E-state index contributed by atoms with van der Waals surface area (Å²) in [7, 11) is 0. The minimum Gasteiger partial charge on any atom is -0.361 e. The summed E-state index contributed by atoms with van der Waals surface area (Å²) in [5, 5.41) is 6.58. The predicted molar refractivity (Wildman–Crippen MR) is 103 cm³/mol. The molecule has 26 heavy (non-hydrogen) atoms. The molecule has 0 bridgehead atoms. The fraction of sp³-hybridized carbons (Fsp3) is 0.143. The molecule has 2 amide bonds. The number of nitrogens with one attached hydrogen (secondary N) is 3. The number of hydrogen-bond acceptors (Lipinski definition) is 2. The van der Waals surface area contributed by atoms with Crippen LogP contribution in [-0.2, 0) is 16.0 Å². The van der Waals surface area contributed by atoms with E-state index in [1.54, 1.807) is 24.3 Å². The lowest BCUT2D eigenvalue weighted by molar-refractivity contribution is -0.125. The summed E-state index contributed by atoms with van der Waals surface area (Å²) in [6.45, 7) is 1.40. The average Bonchev–Trinajstić information content (AvgIpc) is 3.04. The molecule has 0 aliphatic heterocycles. The molecular weight excluding hydrogens is 326 g/mol. The molecule has 0 spiro atoms. The number of para-hydroxylation sites is 1. The van der Waals surface area contributed by atoms with E-state index in [2.05, 4.69) is 21.5 Å². The van der Waals surface area contributed by atoms with Crippen molar-refractivity contribution in [2.24, 2.45) is 0 Å². The molecule has 1 aromatic heterocycles. The van der Waals surface area contributed by atoms with Gasteiger partial charge in [-0.25, -0.2) is 0 Å². The van der Waals surface area contributed by atoms with Crippen molar-refractivity contribution in [3.05, 3.63) is 65.9 Å². The lowest BCUT2D eigenvalue weighted by Gasteiger charge is -2.17. The van der Waals surface area contributed by atoms with Crippen LogP contribution >= 0.6 is 0 Å². The van der Waals surface area contributed by atoms with Crippen LogP contribution in [0, 0.1) is 12.3 Å². The number of carbonyl (C=O) groups is 2. The van der Waals surface area contributed by atoms with Crippen molar-refractivity contribution in [2.75, 3.05) is 5.32 Å². The van der Waals surface area contributed by atoms with E-state index in [-0.39, 0.29) is 11.8 Å². The minimum atomic E-state index is -0.693. The van der Waals surface area contributed by atoms with Crippen LogP contribution in [0.4, 0.5) is 5.69 Å². The summed E-state index contributed by atoms with van der Waals surface area (Å²) < 4.78 is 0. The Morgan fingerprint density at radius 3 is 2.77 bits per heavy atom. The van der Waals surface area contributed by atoms with E-state index < -0.39 is 6.04 Å². The molecule has 0 fully saturated rings. The summed E-state index contributed by atoms with van der Waals surface area (Å²) in [5.41, 5.74) is 3.23. The normalized spacial score (nSPS) is 11.5. The molecule has 0 saturated carbocycles. The van der Waals surface area contributed by atoms with Crippen LogP contribution in [0.25, 0.3) is 10.9 Å². The number of H-pyrrole nitrogens is 1. The Labute approximate surface area is 151 Å². The van der Waals surface area contributed by atoms with Gasteiger partial charge in [0.05, 0.1) is 0 Å². The smallest absolute Gasteiger partial charge is 0.247 e. The van der Waals surface area contributed by atoms with Crippen molar-refractivity contribution in [3.63, 3.8) is 0 Å². The van der Waals surface area contributed by atoms with E-state index in [9.17, 15) is 9.59 Å². The molecule has 1 atom stereocenters. The van der Waals surface area contributed by atoms with E-state index in [1.165, 1.54) is 6.92 Å². The third kappa shape index (κ3) is 3.93. The molecule has 3 N–H and O–H groups in total. The number of benzene rings is 2. The maximum Gasteiger partial charge on any atom is 0.247 e. The molecule has 2 aromatic carbocycles. The zero-order valence-corrected chi connectivity index (χ0v) is 14.4. The molecular formula is C21H19N3O2. The van der Waals surface area contributed by atoms with Gasteiger partial charge in [0, 0.05) is 41.7 Å². The average molecular weight is 345 g/mol. The SMILES string of the molecule is C#Cc1cccc(NC(=O)C(Cc2c[nH]c3ccccc23)NC(C)=O)c1. The second-order valence-electron chi connectivity index (χ2n) is 6.03. The highest BCUT2D eigenvalue weighted by Gasteiger charge is 2.21. The Hall–Kier alpha value is -3.52. The van der Waals surface area contributed by atoms with E-state index in [4.69, 9.17) is 6.42 Å². The highest BCUT2D eigenvalue weighted by molar-refractivity contribution is 5.97. The maximum atomic E-state index is 12.7. The molecule has 3 rings (SSSR count). The number of terminal acetylenes is 1. The zero-order valence-electron chi connectivity index (χ0n) is 14.4. The Balaban J connectivity index is 1.82. The molecule has 0 aliphatic rings. The zero-order chi connectivity index (χ0) is 18.5. The van der Waals surface area contributed by atoms with E-state index in [0.29, 0.717) is 17.7 Å². The first-order valence-corrected chi connectivity index (χ1v) is 8.26. The molecule has 5 nitrogen and oxygen atoms in total. The van der Waals surface area contributed by atoms with Gasteiger partial charge in [-0.15, -0.1) is 6.42 Å². The first kappa shape index (κ1) is 17.3. The fourth-order valence-corrected chi connectivity index (χ4v) is 2.89. The number of amides is 2. The van der Waals surface area contributed by atoms with E-state index in [0.717, 1.165) is 16.5 Å². The number of aromatic nitrogens is 1. The second-order valence-corrected chi connectivity index (χ2v) is 6.03. The lowest BCUT2D eigenvalue weighted by atomic mass is 10.0. The van der Waals surface area contributed by atoms with Crippen molar-refractivity contribution in [3.8, 4) is 12.3 Å². The first-order chi connectivity index (χ1) is 12.6. The summed E-state index contributed by atoms with van der Waals surface area (Å²) >= 11 is 0. The van der Waals surface area contributed by atoms with Crippen LogP contribution in [0.1, 0.15) is 18.1 Å². The second kappa shape index (κ2) is 7.58. The van der Waals surface area contributed by atoms with Gasteiger partial charge < -0.3 is 15.6 Å². The molecule has 0 saturated heterocycles. The largest absolute Gasteiger partial charge is 0.361 e. The van der Waals surface area contributed by atoms with Crippen molar-refractivity contribution >= 4 is 28.4 Å². The summed E-state index contributed by atoms with van der Waals surface area (Å²) in [6.07, 6.45) is 7.64.